The Hall–Kier alpha value is -0.370. The van der Waals surface area contributed by atoms with Gasteiger partial charge in [0.2, 0.25) is 0 Å². The van der Waals surface area contributed by atoms with Crippen LogP contribution in [0.5, 0.6) is 0 Å². The number of ketones is 1. The predicted octanol–water partition coefficient (Wildman–Crippen LogP) is 1.97. The highest BCUT2D eigenvalue weighted by Gasteiger charge is 2.22. The van der Waals surface area contributed by atoms with Crippen LogP contribution < -0.4 is 5.73 Å². The maximum Gasteiger partial charge on any atom is 0.152 e. The van der Waals surface area contributed by atoms with E-state index in [4.69, 9.17) is 5.73 Å². The van der Waals surface area contributed by atoms with Gasteiger partial charge in [0.1, 0.15) is 0 Å². The van der Waals surface area contributed by atoms with Crippen molar-refractivity contribution < 1.29 is 4.79 Å². The van der Waals surface area contributed by atoms with E-state index in [2.05, 4.69) is 20.8 Å². The van der Waals surface area contributed by atoms with Crippen LogP contribution in [0.25, 0.3) is 0 Å². The molecule has 2 nitrogen and oxygen atoms in total. The Labute approximate surface area is 75.5 Å². The van der Waals surface area contributed by atoms with Crippen LogP contribution in [0.15, 0.2) is 0 Å². The summed E-state index contributed by atoms with van der Waals surface area (Å²) in [6.07, 6.45) is 0.768. The first-order valence-corrected chi connectivity index (χ1v) is 4.53. The molecule has 0 aromatic heterocycles. The second-order valence-electron chi connectivity index (χ2n) is 4.93. The van der Waals surface area contributed by atoms with Crippen molar-refractivity contribution in [3.63, 3.8) is 0 Å². The molecule has 72 valence electrons. The lowest BCUT2D eigenvalue weighted by molar-refractivity contribution is -0.123. The summed E-state index contributed by atoms with van der Waals surface area (Å²) in [6, 6.07) is -0.287. The lowest BCUT2D eigenvalue weighted by atomic mass is 9.85. The molecule has 0 aromatic rings. The average molecular weight is 171 g/mol. The third-order valence-corrected chi connectivity index (χ3v) is 1.77. The summed E-state index contributed by atoms with van der Waals surface area (Å²) in [6.45, 7) is 10.1. The van der Waals surface area contributed by atoms with E-state index >= 15 is 0 Å². The molecule has 0 aliphatic rings. The van der Waals surface area contributed by atoms with Crippen molar-refractivity contribution in [2.45, 2.75) is 47.1 Å². The molecular weight excluding hydrogens is 150 g/mol. The number of rotatable bonds is 3. The van der Waals surface area contributed by atoms with Crippen LogP contribution in [0.2, 0.25) is 0 Å². The highest BCUT2D eigenvalue weighted by Crippen LogP contribution is 2.21. The van der Waals surface area contributed by atoms with E-state index in [1.807, 2.05) is 13.8 Å². The van der Waals surface area contributed by atoms with Crippen molar-refractivity contribution in [1.82, 2.24) is 0 Å². The molecule has 0 heterocycles. The van der Waals surface area contributed by atoms with Gasteiger partial charge in [0.15, 0.2) is 5.78 Å². The van der Waals surface area contributed by atoms with E-state index in [1.54, 1.807) is 0 Å². The predicted molar refractivity (Wildman–Crippen MR) is 51.9 cm³/mol. The zero-order valence-corrected chi connectivity index (χ0v) is 8.85. The van der Waals surface area contributed by atoms with Gasteiger partial charge in [0.25, 0.3) is 0 Å². The smallest absolute Gasteiger partial charge is 0.152 e. The molecule has 0 bridgehead atoms. The minimum atomic E-state index is -0.287. The summed E-state index contributed by atoms with van der Waals surface area (Å²) in [5.41, 5.74) is 5.90. The van der Waals surface area contributed by atoms with Gasteiger partial charge in [-0.2, -0.15) is 0 Å². The highest BCUT2D eigenvalue weighted by atomic mass is 16.1. The van der Waals surface area contributed by atoms with Gasteiger partial charge in [-0.3, -0.25) is 4.79 Å². The largest absolute Gasteiger partial charge is 0.321 e. The first-order chi connectivity index (χ1) is 5.24. The third-order valence-electron chi connectivity index (χ3n) is 1.77. The van der Waals surface area contributed by atoms with Crippen LogP contribution in [0, 0.1) is 11.3 Å². The quantitative estimate of drug-likeness (QED) is 0.705. The maximum atomic E-state index is 11.4. The van der Waals surface area contributed by atoms with Gasteiger partial charge in [0.05, 0.1) is 6.04 Å². The van der Waals surface area contributed by atoms with Crippen LogP contribution in [-0.4, -0.2) is 11.8 Å². The lowest BCUT2D eigenvalue weighted by Gasteiger charge is -2.23. The van der Waals surface area contributed by atoms with Crippen molar-refractivity contribution >= 4 is 5.78 Å². The molecule has 0 saturated heterocycles. The Morgan fingerprint density at radius 2 is 1.75 bits per heavy atom. The Balaban J connectivity index is 4.05. The normalized spacial score (nSPS) is 14.9. The van der Waals surface area contributed by atoms with Crippen molar-refractivity contribution in [3.05, 3.63) is 0 Å². The van der Waals surface area contributed by atoms with Gasteiger partial charge in [-0.1, -0.05) is 34.6 Å². The third kappa shape index (κ3) is 4.50. The Kier molecular flexibility index (Phi) is 3.91. The number of nitrogens with two attached hydrogens (primary N) is 1. The van der Waals surface area contributed by atoms with Crippen LogP contribution in [0.3, 0.4) is 0 Å². The minimum absolute atomic E-state index is 0.0577. The van der Waals surface area contributed by atoms with Crippen LogP contribution in [0.1, 0.15) is 41.0 Å². The fourth-order valence-electron chi connectivity index (χ4n) is 1.19. The van der Waals surface area contributed by atoms with E-state index < -0.39 is 0 Å². The molecule has 2 N–H and O–H groups in total. The molecule has 0 rings (SSSR count). The number of hydrogen-bond acceptors (Lipinski definition) is 2. The number of Topliss-reactive ketones (excluding diaryl/α,β-unsaturated/α-hetero) is 1. The molecular formula is C10H21NO. The fourth-order valence-corrected chi connectivity index (χ4v) is 1.19. The summed E-state index contributed by atoms with van der Waals surface area (Å²) in [4.78, 5) is 11.4. The van der Waals surface area contributed by atoms with E-state index in [0.29, 0.717) is 0 Å². The molecule has 2 heteroatoms. The zero-order chi connectivity index (χ0) is 9.94. The average Bonchev–Trinajstić information content (AvgIpc) is 1.82. The second-order valence-corrected chi connectivity index (χ2v) is 4.93. The number of hydrogen-bond donors (Lipinski definition) is 1. The summed E-state index contributed by atoms with van der Waals surface area (Å²) < 4.78 is 0. The van der Waals surface area contributed by atoms with Crippen molar-refractivity contribution in [2.24, 2.45) is 17.1 Å². The van der Waals surface area contributed by atoms with Crippen molar-refractivity contribution in [2.75, 3.05) is 0 Å². The van der Waals surface area contributed by atoms with Crippen LogP contribution in [-0.2, 0) is 4.79 Å². The van der Waals surface area contributed by atoms with Crippen molar-refractivity contribution in [3.8, 4) is 0 Å². The second kappa shape index (κ2) is 4.04. The number of carbonyl (C=O) groups is 1. The first kappa shape index (κ1) is 11.6. The minimum Gasteiger partial charge on any atom is -0.321 e. The van der Waals surface area contributed by atoms with Crippen LogP contribution in [0.4, 0.5) is 0 Å². The monoisotopic (exact) mass is 171 g/mol. The summed E-state index contributed by atoms with van der Waals surface area (Å²) >= 11 is 0. The molecule has 1 unspecified atom stereocenters. The first-order valence-electron chi connectivity index (χ1n) is 4.53. The van der Waals surface area contributed by atoms with Gasteiger partial charge >= 0.3 is 0 Å². The van der Waals surface area contributed by atoms with Crippen LogP contribution >= 0.6 is 0 Å². The van der Waals surface area contributed by atoms with E-state index in [0.717, 1.165) is 6.42 Å². The van der Waals surface area contributed by atoms with E-state index in [-0.39, 0.29) is 23.2 Å². The standard InChI is InChI=1S/C10H21NO/c1-7(2)9(12)8(11)6-10(3,4)5/h7-8H,6,11H2,1-5H3. The van der Waals surface area contributed by atoms with Gasteiger partial charge in [0, 0.05) is 5.92 Å². The summed E-state index contributed by atoms with van der Waals surface area (Å²) in [7, 11) is 0. The lowest BCUT2D eigenvalue weighted by Crippen LogP contribution is -2.37. The Morgan fingerprint density at radius 1 is 1.33 bits per heavy atom. The Bertz CT molecular complexity index is 156. The molecule has 0 fully saturated rings. The molecule has 0 aliphatic carbocycles. The summed E-state index contributed by atoms with van der Waals surface area (Å²) in [5, 5.41) is 0. The molecule has 0 amide bonds. The van der Waals surface area contributed by atoms with E-state index in [9.17, 15) is 4.79 Å². The Morgan fingerprint density at radius 3 is 2.00 bits per heavy atom. The molecule has 0 radical (unpaired) electrons. The van der Waals surface area contributed by atoms with Gasteiger partial charge < -0.3 is 5.73 Å². The summed E-state index contributed by atoms with van der Waals surface area (Å²) in [5.74, 6) is 0.229. The number of carbonyl (C=O) groups excluding carboxylic acids is 1. The molecule has 0 aromatic carbocycles. The van der Waals surface area contributed by atoms with Gasteiger partial charge in [-0.05, 0) is 11.8 Å². The highest BCUT2D eigenvalue weighted by molar-refractivity contribution is 5.85. The fraction of sp³-hybridized carbons (Fsp3) is 0.900. The molecule has 12 heavy (non-hydrogen) atoms. The van der Waals surface area contributed by atoms with Crippen molar-refractivity contribution in [1.29, 1.82) is 0 Å². The molecule has 0 aliphatic heterocycles. The SMILES string of the molecule is CC(C)C(=O)C(N)CC(C)(C)C. The zero-order valence-electron chi connectivity index (χ0n) is 8.85. The topological polar surface area (TPSA) is 43.1 Å². The maximum absolute atomic E-state index is 11.4. The molecule has 0 spiro atoms. The van der Waals surface area contributed by atoms with E-state index in [1.165, 1.54) is 0 Å². The molecule has 0 saturated carbocycles. The molecule has 1 atom stereocenters. The van der Waals surface area contributed by atoms with Gasteiger partial charge in [-0.25, -0.2) is 0 Å². The van der Waals surface area contributed by atoms with Gasteiger partial charge in [-0.15, -0.1) is 0 Å².